The molecule has 5 N–H and O–H groups in total. The van der Waals surface area contributed by atoms with Crippen molar-refractivity contribution < 1.29 is 27.5 Å². The number of nitrogens with zero attached hydrogens (tertiary/aromatic N) is 4. The van der Waals surface area contributed by atoms with Gasteiger partial charge in [-0.25, -0.2) is 9.18 Å². The van der Waals surface area contributed by atoms with Gasteiger partial charge in [-0.3, -0.25) is 4.40 Å². The summed E-state index contributed by atoms with van der Waals surface area (Å²) in [6, 6.07) is 8.78. The number of hydrogen-bond acceptors (Lipinski definition) is 6. The molecule has 0 aliphatic rings. The summed E-state index contributed by atoms with van der Waals surface area (Å²) in [6.07, 6.45) is -3.41. The predicted molar refractivity (Wildman–Crippen MR) is 118 cm³/mol. The minimum atomic E-state index is -4.70. The summed E-state index contributed by atoms with van der Waals surface area (Å²) in [6.45, 7) is -0.468. The van der Waals surface area contributed by atoms with Gasteiger partial charge in [0.1, 0.15) is 29.4 Å². The van der Waals surface area contributed by atoms with Crippen molar-refractivity contribution in [3.05, 3.63) is 71.4 Å². The molecule has 0 atom stereocenters. The van der Waals surface area contributed by atoms with Crippen LogP contribution < -0.4 is 16.4 Å². The minimum absolute atomic E-state index is 0.0309. The average Bonchev–Trinajstić information content (AvgIpc) is 3.15. The Bertz CT molecular complexity index is 1470. The Morgan fingerprint density at radius 2 is 1.89 bits per heavy atom. The summed E-state index contributed by atoms with van der Waals surface area (Å²) < 4.78 is 53.9. The Morgan fingerprint density at radius 1 is 1.17 bits per heavy atom. The molecule has 35 heavy (non-hydrogen) atoms. The van der Waals surface area contributed by atoms with Gasteiger partial charge in [0.05, 0.1) is 17.9 Å². The van der Waals surface area contributed by atoms with E-state index in [2.05, 4.69) is 15.5 Å². The molecule has 0 aliphatic carbocycles. The number of nitrogen functional groups attached to an aromatic ring is 1. The number of anilines is 3. The van der Waals surface area contributed by atoms with Gasteiger partial charge in [0.2, 0.25) is 0 Å². The summed E-state index contributed by atoms with van der Waals surface area (Å²) in [7, 11) is 0. The number of urea groups is 1. The highest BCUT2D eigenvalue weighted by molar-refractivity contribution is 6.00. The number of nitrogens with one attached hydrogen (secondary N) is 2. The molecule has 178 valence electrons. The summed E-state index contributed by atoms with van der Waals surface area (Å²) >= 11 is 0. The lowest BCUT2D eigenvalue weighted by atomic mass is 10.0. The normalized spacial score (nSPS) is 11.3. The molecule has 4 aromatic rings. The monoisotopic (exact) mass is 485 g/mol. The van der Waals surface area contributed by atoms with Crippen LogP contribution in [-0.4, -0.2) is 25.7 Å². The number of carbonyl (C=O) groups is 1. The molecule has 0 fully saturated rings. The quantitative estimate of drug-likeness (QED) is 0.320. The zero-order valence-corrected chi connectivity index (χ0v) is 17.6. The fraction of sp³-hybridized carbons (Fsp3) is 0.0909. The van der Waals surface area contributed by atoms with Gasteiger partial charge in [0.25, 0.3) is 0 Å². The summed E-state index contributed by atoms with van der Waals surface area (Å²) in [5.74, 6) is -1.00. The number of aliphatic hydroxyl groups excluding tert-OH is 1. The Balaban J connectivity index is 1.60. The molecule has 0 saturated heterocycles. The highest BCUT2D eigenvalue weighted by Gasteiger charge is 2.31. The Kier molecular flexibility index (Phi) is 5.98. The minimum Gasteiger partial charge on any atom is -0.392 e. The van der Waals surface area contributed by atoms with Gasteiger partial charge in [0.15, 0.2) is 5.82 Å². The number of hydrogen-bond donors (Lipinski definition) is 4. The number of benzene rings is 2. The molecule has 0 unspecified atom stereocenters. The fourth-order valence-electron chi connectivity index (χ4n) is 3.58. The zero-order chi connectivity index (χ0) is 25.3. The van der Waals surface area contributed by atoms with E-state index < -0.39 is 35.9 Å². The van der Waals surface area contributed by atoms with Gasteiger partial charge >= 0.3 is 12.2 Å². The van der Waals surface area contributed by atoms with Crippen molar-refractivity contribution in [3.8, 4) is 17.2 Å². The van der Waals surface area contributed by atoms with Crippen molar-refractivity contribution in [1.29, 1.82) is 5.26 Å². The highest BCUT2D eigenvalue weighted by atomic mass is 19.4. The summed E-state index contributed by atoms with van der Waals surface area (Å²) in [5.41, 5.74) is 6.20. The van der Waals surface area contributed by atoms with Crippen LogP contribution in [0.1, 0.15) is 16.8 Å². The number of nitrogens with two attached hydrogens (primary N) is 1. The number of carbonyl (C=O) groups excluding carboxylic acids is 1. The molecular formula is C22H15F4N7O2. The first-order valence-corrected chi connectivity index (χ1v) is 9.84. The van der Waals surface area contributed by atoms with Gasteiger partial charge in [-0.2, -0.15) is 18.4 Å². The number of halogens is 4. The Hall–Kier alpha value is -4.70. The molecule has 2 aromatic carbocycles. The van der Waals surface area contributed by atoms with Crippen molar-refractivity contribution in [2.75, 3.05) is 16.4 Å². The van der Waals surface area contributed by atoms with E-state index in [1.165, 1.54) is 22.9 Å². The smallest absolute Gasteiger partial charge is 0.392 e. The van der Waals surface area contributed by atoms with Crippen LogP contribution in [0.15, 0.2) is 48.8 Å². The van der Waals surface area contributed by atoms with Gasteiger partial charge in [0, 0.05) is 16.8 Å². The molecule has 0 aliphatic heterocycles. The number of aliphatic hydroxyl groups is 1. The second kappa shape index (κ2) is 8.92. The zero-order valence-electron chi connectivity index (χ0n) is 17.6. The van der Waals surface area contributed by atoms with E-state index in [1.807, 2.05) is 11.4 Å². The van der Waals surface area contributed by atoms with Gasteiger partial charge in [-0.1, -0.05) is 12.1 Å². The van der Waals surface area contributed by atoms with Crippen LogP contribution in [0, 0.1) is 17.1 Å². The lowest BCUT2D eigenvalue weighted by Gasteiger charge is -2.12. The maximum atomic E-state index is 13.9. The number of alkyl halides is 3. The van der Waals surface area contributed by atoms with Crippen molar-refractivity contribution in [1.82, 2.24) is 14.6 Å². The molecule has 13 heteroatoms. The van der Waals surface area contributed by atoms with E-state index in [1.54, 1.807) is 12.1 Å². The molecule has 2 heterocycles. The third-order valence-corrected chi connectivity index (χ3v) is 5.12. The molecule has 2 aromatic heterocycles. The molecule has 0 bridgehead atoms. The number of fused-ring (bicyclic) bond motifs is 1. The molecule has 9 nitrogen and oxygen atoms in total. The first-order chi connectivity index (χ1) is 16.6. The van der Waals surface area contributed by atoms with E-state index in [-0.39, 0.29) is 17.2 Å². The fourth-order valence-corrected chi connectivity index (χ4v) is 3.58. The van der Waals surface area contributed by atoms with Crippen LogP contribution in [0.5, 0.6) is 0 Å². The van der Waals surface area contributed by atoms with Gasteiger partial charge in [-0.15, -0.1) is 10.2 Å². The number of amides is 2. The SMILES string of the molecule is N#Cc1c(CO)c(-c2ccc(NC(=O)Nc3cc(C(F)(F)F)ccc3F)cc2)c2c(N)nncn12. The predicted octanol–water partition coefficient (Wildman–Crippen LogP) is 4.14. The number of nitriles is 1. The van der Waals surface area contributed by atoms with E-state index in [4.69, 9.17) is 5.73 Å². The summed E-state index contributed by atoms with van der Waals surface area (Å²) in [5, 5.41) is 31.4. The van der Waals surface area contributed by atoms with Crippen molar-refractivity contribution in [2.45, 2.75) is 12.8 Å². The van der Waals surface area contributed by atoms with Crippen LogP contribution in [0.4, 0.5) is 39.5 Å². The van der Waals surface area contributed by atoms with Gasteiger partial charge < -0.3 is 21.5 Å². The highest BCUT2D eigenvalue weighted by Crippen LogP contribution is 2.36. The van der Waals surface area contributed by atoms with Crippen LogP contribution in [0.3, 0.4) is 0 Å². The third kappa shape index (κ3) is 4.42. The lowest BCUT2D eigenvalue weighted by Crippen LogP contribution is -2.20. The molecule has 0 spiro atoms. The number of rotatable bonds is 4. The first-order valence-electron chi connectivity index (χ1n) is 9.84. The Labute approximate surface area is 194 Å². The van der Waals surface area contributed by atoms with Crippen LogP contribution in [0.2, 0.25) is 0 Å². The van der Waals surface area contributed by atoms with Crippen molar-refractivity contribution in [3.63, 3.8) is 0 Å². The van der Waals surface area contributed by atoms with Crippen LogP contribution in [-0.2, 0) is 12.8 Å². The maximum Gasteiger partial charge on any atom is 0.416 e. The van der Waals surface area contributed by atoms with Gasteiger partial charge in [-0.05, 0) is 35.9 Å². The summed E-state index contributed by atoms with van der Waals surface area (Å²) in [4.78, 5) is 12.2. The largest absolute Gasteiger partial charge is 0.416 e. The van der Waals surface area contributed by atoms with E-state index >= 15 is 0 Å². The van der Waals surface area contributed by atoms with E-state index in [9.17, 15) is 32.7 Å². The lowest BCUT2D eigenvalue weighted by molar-refractivity contribution is -0.137. The molecular weight excluding hydrogens is 470 g/mol. The van der Waals surface area contributed by atoms with E-state index in [0.29, 0.717) is 40.4 Å². The Morgan fingerprint density at radius 3 is 2.51 bits per heavy atom. The van der Waals surface area contributed by atoms with Crippen LogP contribution in [0.25, 0.3) is 16.6 Å². The van der Waals surface area contributed by atoms with Crippen LogP contribution >= 0.6 is 0 Å². The standard InChI is InChI=1S/C22H15F4N7O2/c23-15-6-3-12(22(24,25)26)7-16(15)31-21(35)30-13-4-1-11(2-5-13)18-14(9-34)17(8-27)33-10-29-32-20(28)19(18)33/h1-7,10,34H,9H2,(H2,28,32)(H2,30,31,35). The molecule has 4 rings (SSSR count). The molecule has 0 radical (unpaired) electrons. The second-order valence-corrected chi connectivity index (χ2v) is 7.26. The molecule has 0 saturated carbocycles. The maximum absolute atomic E-state index is 13.9. The second-order valence-electron chi connectivity index (χ2n) is 7.26. The first kappa shape index (κ1) is 23.5. The van der Waals surface area contributed by atoms with Crippen molar-refractivity contribution in [2.24, 2.45) is 0 Å². The topological polar surface area (TPSA) is 141 Å². The van der Waals surface area contributed by atoms with E-state index in [0.717, 1.165) is 0 Å². The number of aromatic nitrogens is 3. The molecule has 2 amide bonds. The average molecular weight is 485 g/mol. The van der Waals surface area contributed by atoms with Crippen molar-refractivity contribution >= 4 is 28.7 Å². The third-order valence-electron chi connectivity index (χ3n) is 5.12.